The smallest absolute Gasteiger partial charge is 0.313 e. The summed E-state index contributed by atoms with van der Waals surface area (Å²) in [6.45, 7) is 1.98. The van der Waals surface area contributed by atoms with Gasteiger partial charge in [-0.3, -0.25) is 4.79 Å². The monoisotopic (exact) mass is 263 g/mol. The van der Waals surface area contributed by atoms with E-state index in [0.717, 1.165) is 16.5 Å². The van der Waals surface area contributed by atoms with Crippen LogP contribution in [0.2, 0.25) is 0 Å². The molecule has 0 saturated heterocycles. The van der Waals surface area contributed by atoms with Gasteiger partial charge in [0.2, 0.25) is 0 Å². The van der Waals surface area contributed by atoms with E-state index in [0.29, 0.717) is 10.8 Å². The third kappa shape index (κ3) is 2.56. The molecule has 0 unspecified atom stereocenters. The highest BCUT2D eigenvalue weighted by atomic mass is 32.2. The van der Waals surface area contributed by atoms with Crippen molar-refractivity contribution in [2.45, 2.75) is 11.9 Å². The van der Waals surface area contributed by atoms with Gasteiger partial charge >= 0.3 is 5.97 Å². The Morgan fingerprint density at radius 3 is 2.94 bits per heavy atom. The number of rotatable bonds is 4. The number of para-hydroxylation sites is 1. The second-order valence-corrected chi connectivity index (χ2v) is 4.81. The summed E-state index contributed by atoms with van der Waals surface area (Å²) in [6.07, 6.45) is 0. The lowest BCUT2D eigenvalue weighted by Crippen LogP contribution is -1.99. The van der Waals surface area contributed by atoms with Crippen molar-refractivity contribution in [3.8, 4) is 5.75 Å². The Balaban J connectivity index is 2.49. The lowest BCUT2D eigenvalue weighted by molar-refractivity contribution is -0.133. The number of aliphatic carboxylic acids is 1. The molecule has 0 spiro atoms. The van der Waals surface area contributed by atoms with E-state index in [4.69, 9.17) is 9.84 Å². The minimum absolute atomic E-state index is 0.00704. The van der Waals surface area contributed by atoms with Gasteiger partial charge in [-0.1, -0.05) is 23.9 Å². The molecule has 0 aliphatic rings. The molecule has 94 valence electrons. The van der Waals surface area contributed by atoms with Crippen molar-refractivity contribution in [3.63, 3.8) is 0 Å². The fraction of sp³-hybridized carbons (Fsp3) is 0.231. The number of aryl methyl sites for hydroxylation is 1. The molecule has 4 nitrogen and oxygen atoms in total. The highest BCUT2D eigenvalue weighted by Gasteiger charge is 2.08. The first-order valence-electron chi connectivity index (χ1n) is 5.41. The number of ether oxygens (including phenoxy) is 1. The highest BCUT2D eigenvalue weighted by Crippen LogP contribution is 2.29. The predicted molar refractivity (Wildman–Crippen MR) is 71.4 cm³/mol. The Morgan fingerprint density at radius 1 is 1.50 bits per heavy atom. The van der Waals surface area contributed by atoms with Gasteiger partial charge in [0.15, 0.2) is 0 Å². The molecule has 5 heteroatoms. The molecule has 2 rings (SSSR count). The highest BCUT2D eigenvalue weighted by molar-refractivity contribution is 7.99. The molecule has 1 N–H and O–H groups in total. The van der Waals surface area contributed by atoms with Crippen LogP contribution in [0.5, 0.6) is 5.75 Å². The maximum absolute atomic E-state index is 10.6. The third-order valence-electron chi connectivity index (χ3n) is 2.55. The average molecular weight is 263 g/mol. The van der Waals surface area contributed by atoms with Gasteiger partial charge in [-0.15, -0.1) is 0 Å². The molecule has 0 bridgehead atoms. The lowest BCUT2D eigenvalue weighted by Gasteiger charge is -2.08. The second-order valence-electron chi connectivity index (χ2n) is 3.82. The number of benzene rings is 1. The number of carbonyl (C=O) groups is 1. The number of thioether (sulfide) groups is 1. The lowest BCUT2D eigenvalue weighted by atomic mass is 10.1. The zero-order chi connectivity index (χ0) is 13.1. The molecular weight excluding hydrogens is 250 g/mol. The van der Waals surface area contributed by atoms with E-state index in [1.54, 1.807) is 7.11 Å². The molecule has 18 heavy (non-hydrogen) atoms. The van der Waals surface area contributed by atoms with Crippen LogP contribution in [0.3, 0.4) is 0 Å². The minimum Gasteiger partial charge on any atom is -0.494 e. The van der Waals surface area contributed by atoms with Crippen molar-refractivity contribution in [3.05, 3.63) is 29.8 Å². The summed E-state index contributed by atoms with van der Waals surface area (Å²) in [5.74, 6) is -0.138. The van der Waals surface area contributed by atoms with Gasteiger partial charge in [-0.25, -0.2) is 4.98 Å². The van der Waals surface area contributed by atoms with Crippen LogP contribution in [0, 0.1) is 6.92 Å². The van der Waals surface area contributed by atoms with Gasteiger partial charge in [0.25, 0.3) is 0 Å². The summed E-state index contributed by atoms with van der Waals surface area (Å²) >= 11 is 1.21. The molecule has 0 aliphatic carbocycles. The van der Waals surface area contributed by atoms with E-state index in [1.807, 2.05) is 31.2 Å². The fourth-order valence-corrected chi connectivity index (χ4v) is 2.42. The number of carboxylic acids is 1. The quantitative estimate of drug-likeness (QED) is 0.859. The summed E-state index contributed by atoms with van der Waals surface area (Å²) < 4.78 is 5.27. The first-order chi connectivity index (χ1) is 8.61. The molecular formula is C13H13NO3S. The van der Waals surface area contributed by atoms with Crippen LogP contribution >= 0.6 is 11.8 Å². The van der Waals surface area contributed by atoms with Crippen LogP contribution in [-0.2, 0) is 4.79 Å². The number of hydrogen-bond donors (Lipinski definition) is 1. The summed E-state index contributed by atoms with van der Waals surface area (Å²) in [7, 11) is 1.60. The molecule has 0 fully saturated rings. The number of aromatic nitrogens is 1. The standard InChI is InChI=1S/C13H13NO3S/c1-8-6-11(18-7-12(15)16)14-13-9(8)4-3-5-10(13)17-2/h3-6H,7H2,1-2H3,(H,15,16). The SMILES string of the molecule is COc1cccc2c(C)cc(SCC(=O)O)nc12. The summed E-state index contributed by atoms with van der Waals surface area (Å²) in [5.41, 5.74) is 1.83. The van der Waals surface area contributed by atoms with Crippen LogP contribution in [0.25, 0.3) is 10.9 Å². The van der Waals surface area contributed by atoms with Crippen molar-refractivity contribution in [1.29, 1.82) is 0 Å². The molecule has 0 atom stereocenters. The molecule has 0 radical (unpaired) electrons. The summed E-state index contributed by atoms with van der Waals surface area (Å²) in [4.78, 5) is 15.0. The van der Waals surface area contributed by atoms with Gasteiger partial charge in [-0.05, 0) is 24.6 Å². The Hall–Kier alpha value is -1.75. The summed E-state index contributed by atoms with van der Waals surface area (Å²) in [5, 5.41) is 10.4. The maximum Gasteiger partial charge on any atom is 0.313 e. The van der Waals surface area contributed by atoms with Crippen molar-refractivity contribution in [2.75, 3.05) is 12.9 Å². The van der Waals surface area contributed by atoms with E-state index >= 15 is 0 Å². The first kappa shape index (κ1) is 12.7. The zero-order valence-corrected chi connectivity index (χ0v) is 11.0. The van der Waals surface area contributed by atoms with Crippen LogP contribution in [0.15, 0.2) is 29.3 Å². The molecule has 0 saturated carbocycles. The Labute approximate surface area is 109 Å². The van der Waals surface area contributed by atoms with Crippen LogP contribution in [0.4, 0.5) is 0 Å². The molecule has 1 aromatic carbocycles. The normalized spacial score (nSPS) is 10.6. The largest absolute Gasteiger partial charge is 0.494 e. The molecule has 0 amide bonds. The minimum atomic E-state index is -0.848. The Morgan fingerprint density at radius 2 is 2.28 bits per heavy atom. The van der Waals surface area contributed by atoms with Crippen LogP contribution < -0.4 is 4.74 Å². The molecule has 1 aromatic heterocycles. The van der Waals surface area contributed by atoms with E-state index in [2.05, 4.69) is 4.98 Å². The van der Waals surface area contributed by atoms with E-state index in [1.165, 1.54) is 11.8 Å². The zero-order valence-electron chi connectivity index (χ0n) is 10.1. The van der Waals surface area contributed by atoms with Crippen molar-refractivity contribution >= 4 is 28.6 Å². The number of hydrogen-bond acceptors (Lipinski definition) is 4. The molecule has 2 aromatic rings. The van der Waals surface area contributed by atoms with Gasteiger partial charge in [-0.2, -0.15) is 0 Å². The van der Waals surface area contributed by atoms with E-state index in [-0.39, 0.29) is 5.75 Å². The number of fused-ring (bicyclic) bond motifs is 1. The van der Waals surface area contributed by atoms with Crippen molar-refractivity contribution in [2.24, 2.45) is 0 Å². The van der Waals surface area contributed by atoms with Gasteiger partial charge < -0.3 is 9.84 Å². The summed E-state index contributed by atoms with van der Waals surface area (Å²) in [6, 6.07) is 7.64. The van der Waals surface area contributed by atoms with Gasteiger partial charge in [0, 0.05) is 5.39 Å². The number of carboxylic acid groups (broad SMARTS) is 1. The Bertz CT molecular complexity index is 598. The van der Waals surface area contributed by atoms with Gasteiger partial charge in [0.05, 0.1) is 17.9 Å². The first-order valence-corrected chi connectivity index (χ1v) is 6.39. The number of pyridine rings is 1. The van der Waals surface area contributed by atoms with Crippen LogP contribution in [0.1, 0.15) is 5.56 Å². The van der Waals surface area contributed by atoms with Crippen LogP contribution in [-0.4, -0.2) is 28.9 Å². The number of methoxy groups -OCH3 is 1. The average Bonchev–Trinajstić information content (AvgIpc) is 2.36. The Kier molecular flexibility index (Phi) is 3.72. The second kappa shape index (κ2) is 5.27. The predicted octanol–water partition coefficient (Wildman–Crippen LogP) is 2.73. The van der Waals surface area contributed by atoms with E-state index in [9.17, 15) is 4.79 Å². The van der Waals surface area contributed by atoms with Crippen molar-refractivity contribution < 1.29 is 14.6 Å². The fourth-order valence-electron chi connectivity index (χ4n) is 1.74. The topological polar surface area (TPSA) is 59.4 Å². The maximum atomic E-state index is 10.6. The van der Waals surface area contributed by atoms with Crippen molar-refractivity contribution in [1.82, 2.24) is 4.98 Å². The molecule has 0 aliphatic heterocycles. The molecule has 1 heterocycles. The third-order valence-corrected chi connectivity index (χ3v) is 3.45. The number of nitrogens with zero attached hydrogens (tertiary/aromatic N) is 1. The van der Waals surface area contributed by atoms with Gasteiger partial charge in [0.1, 0.15) is 11.3 Å². The van der Waals surface area contributed by atoms with E-state index < -0.39 is 5.97 Å².